The molecule has 0 saturated carbocycles. The van der Waals surface area contributed by atoms with Crippen molar-refractivity contribution in [2.45, 2.75) is 20.8 Å². The second-order valence-electron chi connectivity index (χ2n) is 4.67. The highest BCUT2D eigenvalue weighted by Crippen LogP contribution is 2.15. The van der Waals surface area contributed by atoms with Crippen LogP contribution in [-0.4, -0.2) is 11.3 Å². The number of rotatable bonds is 3. The fourth-order valence-corrected chi connectivity index (χ4v) is 1.20. The van der Waals surface area contributed by atoms with E-state index < -0.39 is 0 Å². The molecule has 80 valence electrons. The summed E-state index contributed by atoms with van der Waals surface area (Å²) in [6.07, 6.45) is 3.97. The van der Waals surface area contributed by atoms with Gasteiger partial charge < -0.3 is 0 Å². The van der Waals surface area contributed by atoms with Crippen molar-refractivity contribution in [1.29, 1.82) is 0 Å². The molecule has 0 fully saturated rings. The molecule has 1 rings (SSSR count). The van der Waals surface area contributed by atoms with Crippen LogP contribution in [0.1, 0.15) is 20.8 Å². The van der Waals surface area contributed by atoms with E-state index in [1.54, 1.807) is 0 Å². The highest BCUT2D eigenvalue weighted by Gasteiger charge is 2.10. The van der Waals surface area contributed by atoms with Gasteiger partial charge in [-0.15, -0.1) is 0 Å². The minimum absolute atomic E-state index is 0.136. The van der Waals surface area contributed by atoms with Crippen LogP contribution >= 0.6 is 0 Å². The summed E-state index contributed by atoms with van der Waals surface area (Å²) in [5, 5.41) is 0. The molecule has 0 saturated heterocycles. The summed E-state index contributed by atoms with van der Waals surface area (Å²) in [6.45, 7) is 6.74. The largest absolute Gasteiger partial charge is 0.256 e. The lowest BCUT2D eigenvalue weighted by Gasteiger charge is -2.09. The molecule has 0 aliphatic carbocycles. The third-order valence-corrected chi connectivity index (χ3v) is 1.93. The van der Waals surface area contributed by atoms with Crippen LogP contribution in [0.25, 0.3) is 0 Å². The number of para-hydroxylation sites is 1. The Hall–Kier alpha value is -1.44. The van der Waals surface area contributed by atoms with E-state index in [4.69, 9.17) is 0 Å². The Morgan fingerprint density at radius 3 is 2.33 bits per heavy atom. The van der Waals surface area contributed by atoms with Crippen molar-refractivity contribution in [1.82, 2.24) is 0 Å². The summed E-state index contributed by atoms with van der Waals surface area (Å²) in [6, 6.07) is 9.28. The number of nitroso groups, excluding NO2 is 1. The Morgan fingerprint density at radius 1 is 1.20 bits per heavy atom. The second kappa shape index (κ2) is 4.87. The standard InChI is InChI=1S/C13H18NO/c1-13(2,3)10-7-11-14(15)12-8-5-4-6-9-12/h4-10H,11H2,1-3H3/q+1. The predicted octanol–water partition coefficient (Wildman–Crippen LogP) is 3.70. The van der Waals surface area contributed by atoms with Gasteiger partial charge >= 0.3 is 0 Å². The maximum atomic E-state index is 11.6. The van der Waals surface area contributed by atoms with Crippen LogP contribution in [0.2, 0.25) is 0 Å². The van der Waals surface area contributed by atoms with Crippen molar-refractivity contribution in [2.24, 2.45) is 5.41 Å². The lowest BCUT2D eigenvalue weighted by molar-refractivity contribution is -0.451. The van der Waals surface area contributed by atoms with E-state index in [9.17, 15) is 4.91 Å². The molecule has 2 heteroatoms. The second-order valence-corrected chi connectivity index (χ2v) is 4.67. The van der Waals surface area contributed by atoms with E-state index in [1.807, 2.05) is 36.4 Å². The van der Waals surface area contributed by atoms with Crippen LogP contribution in [0, 0.1) is 10.3 Å². The topological polar surface area (TPSA) is 20.1 Å². The van der Waals surface area contributed by atoms with Gasteiger partial charge in [0.05, 0.1) is 0 Å². The number of benzene rings is 1. The molecule has 0 unspecified atom stereocenters. The van der Waals surface area contributed by atoms with Gasteiger partial charge in [0.15, 0.2) is 0 Å². The lowest BCUT2D eigenvalue weighted by atomic mass is 9.96. The van der Waals surface area contributed by atoms with Crippen molar-refractivity contribution in [3.8, 4) is 0 Å². The SMILES string of the molecule is CC(C)(C)C=CC[N+](=O)c1ccccc1. The quantitative estimate of drug-likeness (QED) is 0.543. The summed E-state index contributed by atoms with van der Waals surface area (Å²) in [7, 11) is 0. The summed E-state index contributed by atoms with van der Waals surface area (Å²) in [4.78, 5) is 11.6. The van der Waals surface area contributed by atoms with E-state index in [1.165, 1.54) is 0 Å². The Morgan fingerprint density at radius 2 is 1.80 bits per heavy atom. The lowest BCUT2D eigenvalue weighted by Crippen LogP contribution is -2.03. The molecule has 0 spiro atoms. The average molecular weight is 204 g/mol. The van der Waals surface area contributed by atoms with Gasteiger partial charge in [-0.25, -0.2) is 0 Å². The Kier molecular flexibility index (Phi) is 3.78. The van der Waals surface area contributed by atoms with E-state index in [0.717, 1.165) is 4.76 Å². The fraction of sp³-hybridized carbons (Fsp3) is 0.385. The monoisotopic (exact) mass is 204 g/mol. The zero-order valence-electron chi connectivity index (χ0n) is 9.60. The Balaban J connectivity index is 2.55. The molecular weight excluding hydrogens is 186 g/mol. The molecule has 0 radical (unpaired) electrons. The summed E-state index contributed by atoms with van der Waals surface area (Å²) < 4.78 is 0.988. The minimum atomic E-state index is 0.136. The molecule has 0 aliphatic heterocycles. The third kappa shape index (κ3) is 4.54. The number of hydrogen-bond acceptors (Lipinski definition) is 1. The number of allylic oxidation sites excluding steroid dienone is 1. The van der Waals surface area contributed by atoms with Gasteiger partial charge in [-0.3, -0.25) is 0 Å². The first kappa shape index (κ1) is 11.6. The zero-order chi connectivity index (χ0) is 11.3. The van der Waals surface area contributed by atoms with Crippen LogP contribution in [0.4, 0.5) is 5.69 Å². The first-order valence-electron chi connectivity index (χ1n) is 5.16. The Bertz CT molecular complexity index is 347. The van der Waals surface area contributed by atoms with Gasteiger partial charge in [0.1, 0.15) is 0 Å². The molecule has 0 bridgehead atoms. The van der Waals surface area contributed by atoms with Crippen LogP contribution in [0.15, 0.2) is 42.5 Å². The van der Waals surface area contributed by atoms with Gasteiger partial charge in [-0.05, 0) is 11.5 Å². The number of hydrogen-bond donors (Lipinski definition) is 0. The van der Waals surface area contributed by atoms with Crippen molar-refractivity contribution in [3.63, 3.8) is 0 Å². The molecule has 0 N–H and O–H groups in total. The predicted molar refractivity (Wildman–Crippen MR) is 63.2 cm³/mol. The molecule has 1 aromatic carbocycles. The first-order valence-corrected chi connectivity index (χ1v) is 5.16. The summed E-state index contributed by atoms with van der Waals surface area (Å²) in [5.74, 6) is 0. The third-order valence-electron chi connectivity index (χ3n) is 1.93. The first-order chi connectivity index (χ1) is 6.99. The molecule has 0 amide bonds. The fourth-order valence-electron chi connectivity index (χ4n) is 1.20. The summed E-state index contributed by atoms with van der Waals surface area (Å²) >= 11 is 0. The summed E-state index contributed by atoms with van der Waals surface area (Å²) in [5.41, 5.74) is 0.841. The van der Waals surface area contributed by atoms with Crippen molar-refractivity contribution in [2.75, 3.05) is 6.54 Å². The van der Waals surface area contributed by atoms with E-state index >= 15 is 0 Å². The van der Waals surface area contributed by atoms with Crippen molar-refractivity contribution >= 4 is 5.69 Å². The molecule has 0 heterocycles. The van der Waals surface area contributed by atoms with Gasteiger partial charge in [-0.2, -0.15) is 0 Å². The maximum Gasteiger partial charge on any atom is 0.256 e. The number of nitrogens with zero attached hydrogens (tertiary/aromatic N) is 1. The highest BCUT2D eigenvalue weighted by atomic mass is 16.3. The van der Waals surface area contributed by atoms with Gasteiger partial charge in [0, 0.05) is 21.8 Å². The van der Waals surface area contributed by atoms with Gasteiger partial charge in [0.2, 0.25) is 6.54 Å². The Labute approximate surface area is 91.2 Å². The smallest absolute Gasteiger partial charge is 0.0767 e. The average Bonchev–Trinajstić information content (AvgIpc) is 2.17. The van der Waals surface area contributed by atoms with Gasteiger partial charge in [-0.1, -0.05) is 45.0 Å². The zero-order valence-corrected chi connectivity index (χ0v) is 9.60. The van der Waals surface area contributed by atoms with Crippen LogP contribution in [0.3, 0.4) is 0 Å². The molecule has 0 aromatic heterocycles. The van der Waals surface area contributed by atoms with Crippen LogP contribution in [0.5, 0.6) is 0 Å². The molecular formula is C13H18NO+. The van der Waals surface area contributed by atoms with Crippen LogP contribution < -0.4 is 0 Å². The van der Waals surface area contributed by atoms with E-state index in [2.05, 4.69) is 26.8 Å². The molecule has 2 nitrogen and oxygen atoms in total. The normalized spacial score (nSPS) is 11.9. The van der Waals surface area contributed by atoms with Gasteiger partial charge in [0.25, 0.3) is 5.69 Å². The minimum Gasteiger partial charge on any atom is -0.0767 e. The molecule has 15 heavy (non-hydrogen) atoms. The molecule has 0 aliphatic rings. The van der Waals surface area contributed by atoms with E-state index in [0.29, 0.717) is 12.2 Å². The van der Waals surface area contributed by atoms with E-state index in [-0.39, 0.29) is 5.41 Å². The van der Waals surface area contributed by atoms with Crippen molar-refractivity contribution < 1.29 is 4.76 Å². The van der Waals surface area contributed by atoms with Crippen LogP contribution in [-0.2, 0) is 0 Å². The molecule has 1 aromatic rings. The van der Waals surface area contributed by atoms with Crippen molar-refractivity contribution in [3.05, 3.63) is 47.4 Å². The highest BCUT2D eigenvalue weighted by molar-refractivity contribution is 5.28. The maximum absolute atomic E-state index is 11.6. The molecule has 0 atom stereocenters.